The lowest BCUT2D eigenvalue weighted by Crippen LogP contribution is -2.42. The topological polar surface area (TPSA) is 49.3 Å². The highest BCUT2D eigenvalue weighted by atomic mass is 16.4. The second kappa shape index (κ2) is 4.66. The Kier molecular flexibility index (Phi) is 3.25. The highest BCUT2D eigenvalue weighted by molar-refractivity contribution is 5.69. The van der Waals surface area contributed by atoms with Crippen molar-refractivity contribution in [2.75, 3.05) is 6.54 Å². The van der Waals surface area contributed by atoms with Crippen LogP contribution >= 0.6 is 0 Å². The molecule has 0 atom stereocenters. The number of hydrogen-bond acceptors (Lipinski definition) is 2. The average Bonchev–Trinajstić information content (AvgIpc) is 2.18. The first-order valence-electron chi connectivity index (χ1n) is 5.67. The number of carboxylic acids is 1. The van der Waals surface area contributed by atoms with Gasteiger partial charge in [0.15, 0.2) is 0 Å². The van der Waals surface area contributed by atoms with Crippen LogP contribution in [-0.2, 0) is 4.79 Å². The molecule has 1 aromatic rings. The van der Waals surface area contributed by atoms with E-state index in [1.807, 2.05) is 0 Å². The lowest BCUT2D eigenvalue weighted by Gasteiger charge is -2.36. The first-order valence-corrected chi connectivity index (χ1v) is 5.67. The largest absolute Gasteiger partial charge is 0.480 e. The molecule has 86 valence electrons. The third-order valence-corrected chi connectivity index (χ3v) is 3.23. The summed E-state index contributed by atoms with van der Waals surface area (Å²) in [6, 6.07) is 8.99. The average molecular weight is 219 g/mol. The van der Waals surface area contributed by atoms with Crippen molar-refractivity contribution in [3.05, 3.63) is 35.4 Å². The number of nitrogens with one attached hydrogen (secondary N) is 1. The van der Waals surface area contributed by atoms with Gasteiger partial charge in [-0.2, -0.15) is 0 Å². The van der Waals surface area contributed by atoms with Crippen molar-refractivity contribution in [1.82, 2.24) is 5.32 Å². The third kappa shape index (κ3) is 2.61. The molecule has 0 aromatic heterocycles. The molecular weight excluding hydrogens is 202 g/mol. The van der Waals surface area contributed by atoms with Crippen LogP contribution in [0.5, 0.6) is 0 Å². The summed E-state index contributed by atoms with van der Waals surface area (Å²) in [4.78, 5) is 10.4. The minimum Gasteiger partial charge on any atom is -0.480 e. The van der Waals surface area contributed by atoms with Gasteiger partial charge in [0.25, 0.3) is 0 Å². The lowest BCUT2D eigenvalue weighted by atomic mass is 9.76. The smallest absolute Gasteiger partial charge is 0.317 e. The Morgan fingerprint density at radius 3 is 2.56 bits per heavy atom. The minimum absolute atomic E-state index is 0.0747. The van der Waals surface area contributed by atoms with Crippen molar-refractivity contribution in [3.8, 4) is 0 Å². The molecule has 1 aliphatic carbocycles. The van der Waals surface area contributed by atoms with Gasteiger partial charge < -0.3 is 10.4 Å². The summed E-state index contributed by atoms with van der Waals surface area (Å²) in [5.41, 5.74) is 2.66. The predicted octanol–water partition coefficient (Wildman–Crippen LogP) is 1.92. The first-order chi connectivity index (χ1) is 7.65. The fourth-order valence-electron chi connectivity index (χ4n) is 2.13. The number of carboxylic acid groups (broad SMARTS) is 1. The Bertz CT molecular complexity index is 366. The summed E-state index contributed by atoms with van der Waals surface area (Å²) < 4.78 is 0. The van der Waals surface area contributed by atoms with Gasteiger partial charge in [0.2, 0.25) is 0 Å². The summed E-state index contributed by atoms with van der Waals surface area (Å²) in [7, 11) is 0. The molecule has 1 aliphatic rings. The molecule has 0 aliphatic heterocycles. The van der Waals surface area contributed by atoms with Gasteiger partial charge in [-0.3, -0.25) is 4.79 Å². The molecule has 2 N–H and O–H groups in total. The molecule has 0 heterocycles. The summed E-state index contributed by atoms with van der Waals surface area (Å²) >= 11 is 0. The Balaban J connectivity index is 1.79. The maximum absolute atomic E-state index is 10.4. The van der Waals surface area contributed by atoms with Gasteiger partial charge in [0.05, 0.1) is 6.54 Å². The number of aliphatic carboxylic acids is 1. The summed E-state index contributed by atoms with van der Waals surface area (Å²) in [5.74, 6) is -0.175. The highest BCUT2D eigenvalue weighted by Gasteiger charge is 2.29. The Morgan fingerprint density at radius 1 is 1.38 bits per heavy atom. The number of benzene rings is 1. The van der Waals surface area contributed by atoms with Crippen LogP contribution in [0, 0.1) is 6.92 Å². The number of carbonyl (C=O) groups is 1. The second-order valence-electron chi connectivity index (χ2n) is 4.55. The van der Waals surface area contributed by atoms with Crippen LogP contribution in [-0.4, -0.2) is 23.7 Å². The summed E-state index contributed by atoms with van der Waals surface area (Å²) in [6.45, 7) is 2.16. The number of hydrogen-bond donors (Lipinski definition) is 2. The zero-order valence-electron chi connectivity index (χ0n) is 9.44. The maximum Gasteiger partial charge on any atom is 0.317 e. The van der Waals surface area contributed by atoms with E-state index < -0.39 is 5.97 Å². The highest BCUT2D eigenvalue weighted by Crippen LogP contribution is 2.36. The molecule has 16 heavy (non-hydrogen) atoms. The van der Waals surface area contributed by atoms with Crippen molar-refractivity contribution >= 4 is 5.97 Å². The van der Waals surface area contributed by atoms with Crippen LogP contribution in [0.4, 0.5) is 0 Å². The molecule has 0 bridgehead atoms. The van der Waals surface area contributed by atoms with Crippen LogP contribution in [0.15, 0.2) is 24.3 Å². The van der Waals surface area contributed by atoms with Crippen molar-refractivity contribution in [3.63, 3.8) is 0 Å². The van der Waals surface area contributed by atoms with E-state index in [0.717, 1.165) is 12.8 Å². The van der Waals surface area contributed by atoms with Crippen LogP contribution in [0.2, 0.25) is 0 Å². The van der Waals surface area contributed by atoms with E-state index in [1.54, 1.807) is 0 Å². The van der Waals surface area contributed by atoms with E-state index in [4.69, 9.17) is 5.11 Å². The normalized spacial score (nSPS) is 23.8. The minimum atomic E-state index is -0.779. The molecular formula is C13H17NO2. The van der Waals surface area contributed by atoms with Gasteiger partial charge in [0, 0.05) is 6.04 Å². The van der Waals surface area contributed by atoms with Gasteiger partial charge in [-0.15, -0.1) is 0 Å². The molecule has 0 amide bonds. The fraction of sp³-hybridized carbons (Fsp3) is 0.462. The van der Waals surface area contributed by atoms with Crippen LogP contribution in [0.25, 0.3) is 0 Å². The SMILES string of the molecule is Cc1ccc(C2CC(NCC(=O)O)C2)cc1. The van der Waals surface area contributed by atoms with E-state index in [-0.39, 0.29) is 6.54 Å². The zero-order valence-corrected chi connectivity index (χ0v) is 9.44. The molecule has 1 fully saturated rings. The maximum atomic E-state index is 10.4. The molecule has 0 saturated heterocycles. The first kappa shape index (κ1) is 11.1. The van der Waals surface area contributed by atoms with Crippen LogP contribution < -0.4 is 5.32 Å². The van der Waals surface area contributed by atoms with Crippen molar-refractivity contribution in [2.24, 2.45) is 0 Å². The van der Waals surface area contributed by atoms with Gasteiger partial charge in [-0.05, 0) is 31.2 Å². The summed E-state index contributed by atoms with van der Waals surface area (Å²) in [5, 5.41) is 11.6. The Hall–Kier alpha value is -1.35. The molecule has 3 heteroatoms. The van der Waals surface area contributed by atoms with E-state index in [9.17, 15) is 4.79 Å². The van der Waals surface area contributed by atoms with Gasteiger partial charge >= 0.3 is 5.97 Å². The third-order valence-electron chi connectivity index (χ3n) is 3.23. The quantitative estimate of drug-likeness (QED) is 0.813. The molecule has 0 radical (unpaired) electrons. The zero-order chi connectivity index (χ0) is 11.5. The second-order valence-corrected chi connectivity index (χ2v) is 4.55. The van der Waals surface area contributed by atoms with E-state index in [0.29, 0.717) is 12.0 Å². The molecule has 0 spiro atoms. The van der Waals surface area contributed by atoms with Crippen molar-refractivity contribution in [1.29, 1.82) is 0 Å². The van der Waals surface area contributed by atoms with Gasteiger partial charge in [-0.25, -0.2) is 0 Å². The number of aryl methyl sites for hydroxylation is 1. The predicted molar refractivity (Wildman–Crippen MR) is 62.6 cm³/mol. The van der Waals surface area contributed by atoms with E-state index in [1.165, 1.54) is 11.1 Å². The molecule has 0 unspecified atom stereocenters. The van der Waals surface area contributed by atoms with Crippen molar-refractivity contribution < 1.29 is 9.90 Å². The molecule has 1 aromatic carbocycles. The fourth-order valence-corrected chi connectivity index (χ4v) is 2.13. The van der Waals surface area contributed by atoms with Crippen LogP contribution in [0.3, 0.4) is 0 Å². The molecule has 2 rings (SSSR count). The monoisotopic (exact) mass is 219 g/mol. The molecule has 1 saturated carbocycles. The Labute approximate surface area is 95.5 Å². The molecule has 3 nitrogen and oxygen atoms in total. The van der Waals surface area contributed by atoms with Gasteiger partial charge in [-0.1, -0.05) is 29.8 Å². The van der Waals surface area contributed by atoms with Crippen molar-refractivity contribution in [2.45, 2.75) is 31.7 Å². The van der Waals surface area contributed by atoms with Crippen LogP contribution in [0.1, 0.15) is 29.9 Å². The lowest BCUT2D eigenvalue weighted by molar-refractivity contribution is -0.136. The summed E-state index contributed by atoms with van der Waals surface area (Å²) in [6.07, 6.45) is 2.10. The Morgan fingerprint density at radius 2 is 2.00 bits per heavy atom. The van der Waals surface area contributed by atoms with Gasteiger partial charge in [0.1, 0.15) is 0 Å². The number of rotatable bonds is 4. The van der Waals surface area contributed by atoms with E-state index >= 15 is 0 Å². The van der Waals surface area contributed by atoms with E-state index in [2.05, 4.69) is 36.5 Å². The standard InChI is InChI=1S/C13H17NO2/c1-9-2-4-10(5-3-9)11-6-12(7-11)14-8-13(15)16/h2-5,11-12,14H,6-8H2,1H3,(H,15,16).